The van der Waals surface area contributed by atoms with Crippen molar-refractivity contribution in [1.82, 2.24) is 0 Å². The largest absolute Gasteiger partial charge is 0.481 e. The highest BCUT2D eigenvalue weighted by atomic mass is 16.5. The summed E-state index contributed by atoms with van der Waals surface area (Å²) in [5, 5.41) is 11.6. The summed E-state index contributed by atoms with van der Waals surface area (Å²) in [5.74, 6) is -0.858. The van der Waals surface area contributed by atoms with Gasteiger partial charge in [0.05, 0.1) is 6.42 Å². The third-order valence-electron chi connectivity index (χ3n) is 3.96. The summed E-state index contributed by atoms with van der Waals surface area (Å²) in [4.78, 5) is 22.8. The average Bonchev–Trinajstić information content (AvgIpc) is 2.67. The monoisotopic (exact) mass is 361 g/mol. The second kappa shape index (κ2) is 8.67. The highest BCUT2D eigenvalue weighted by Gasteiger charge is 2.06. The maximum atomic E-state index is 12.0. The Morgan fingerprint density at radius 2 is 1.56 bits per heavy atom. The Balaban J connectivity index is 1.63. The van der Waals surface area contributed by atoms with Crippen LogP contribution in [0, 0.1) is 0 Å². The van der Waals surface area contributed by atoms with Crippen LogP contribution < -0.4 is 5.32 Å². The number of aliphatic carboxylic acids is 1. The van der Waals surface area contributed by atoms with Crippen molar-refractivity contribution in [2.24, 2.45) is 0 Å². The van der Waals surface area contributed by atoms with Gasteiger partial charge < -0.3 is 9.84 Å². The molecule has 3 rings (SSSR count). The van der Waals surface area contributed by atoms with Crippen LogP contribution in [0.1, 0.15) is 11.1 Å². The summed E-state index contributed by atoms with van der Waals surface area (Å²) < 4.78 is 5.22. The lowest BCUT2D eigenvalue weighted by atomic mass is 10.0. The van der Waals surface area contributed by atoms with Crippen molar-refractivity contribution in [1.29, 1.82) is 0 Å². The van der Waals surface area contributed by atoms with Crippen molar-refractivity contribution in [3.63, 3.8) is 0 Å². The molecule has 0 atom stereocenters. The highest BCUT2D eigenvalue weighted by Crippen LogP contribution is 2.23. The minimum atomic E-state index is -0.858. The molecule has 3 aromatic carbocycles. The van der Waals surface area contributed by atoms with Gasteiger partial charge in [-0.2, -0.15) is 0 Å². The molecule has 0 aliphatic rings. The van der Waals surface area contributed by atoms with Gasteiger partial charge in [0, 0.05) is 5.69 Å². The molecule has 136 valence electrons. The number of rotatable bonds is 6. The first-order valence-electron chi connectivity index (χ1n) is 8.49. The SMILES string of the molecule is O=C(O)Cc1ccc(-c2cccc(NC(=O)OCc3ccccc3)c2)cc1. The van der Waals surface area contributed by atoms with Gasteiger partial charge in [-0.25, -0.2) is 4.79 Å². The summed E-state index contributed by atoms with van der Waals surface area (Å²) in [5.41, 5.74) is 4.14. The highest BCUT2D eigenvalue weighted by molar-refractivity contribution is 5.86. The van der Waals surface area contributed by atoms with Crippen LogP contribution in [0.4, 0.5) is 10.5 Å². The van der Waals surface area contributed by atoms with Crippen molar-refractivity contribution in [3.8, 4) is 11.1 Å². The number of hydrogen-bond donors (Lipinski definition) is 2. The van der Waals surface area contributed by atoms with Crippen molar-refractivity contribution in [2.75, 3.05) is 5.32 Å². The maximum absolute atomic E-state index is 12.0. The number of carboxylic acids is 1. The predicted octanol–water partition coefficient (Wildman–Crippen LogP) is 4.73. The fourth-order valence-corrected chi connectivity index (χ4v) is 2.64. The molecule has 3 aromatic rings. The van der Waals surface area contributed by atoms with Crippen LogP contribution in [-0.4, -0.2) is 17.2 Å². The van der Waals surface area contributed by atoms with Crippen LogP contribution in [0.25, 0.3) is 11.1 Å². The third kappa shape index (κ3) is 5.44. The predicted molar refractivity (Wildman–Crippen MR) is 103 cm³/mol. The molecule has 5 nitrogen and oxygen atoms in total. The molecule has 0 saturated heterocycles. The molecule has 0 bridgehead atoms. The molecule has 5 heteroatoms. The van der Waals surface area contributed by atoms with E-state index in [1.165, 1.54) is 0 Å². The molecule has 0 saturated carbocycles. The quantitative estimate of drug-likeness (QED) is 0.665. The molecule has 0 aliphatic carbocycles. The fourth-order valence-electron chi connectivity index (χ4n) is 2.64. The maximum Gasteiger partial charge on any atom is 0.411 e. The van der Waals surface area contributed by atoms with Crippen molar-refractivity contribution >= 4 is 17.7 Å². The Kier molecular flexibility index (Phi) is 5.84. The number of nitrogens with one attached hydrogen (secondary N) is 1. The van der Waals surface area contributed by atoms with E-state index in [9.17, 15) is 9.59 Å². The van der Waals surface area contributed by atoms with Gasteiger partial charge in [0.1, 0.15) is 6.61 Å². The molecule has 0 spiro atoms. The van der Waals surface area contributed by atoms with E-state index in [-0.39, 0.29) is 13.0 Å². The van der Waals surface area contributed by atoms with Crippen LogP contribution in [0.5, 0.6) is 0 Å². The Labute approximate surface area is 157 Å². The van der Waals surface area contributed by atoms with Crippen LogP contribution in [0.2, 0.25) is 0 Å². The van der Waals surface area contributed by atoms with E-state index >= 15 is 0 Å². The van der Waals surface area contributed by atoms with Gasteiger partial charge in [0.15, 0.2) is 0 Å². The zero-order valence-electron chi connectivity index (χ0n) is 14.6. The van der Waals surface area contributed by atoms with E-state index in [0.29, 0.717) is 5.69 Å². The molecule has 27 heavy (non-hydrogen) atoms. The molecular weight excluding hydrogens is 342 g/mol. The Morgan fingerprint density at radius 3 is 2.26 bits per heavy atom. The van der Waals surface area contributed by atoms with Gasteiger partial charge in [0.25, 0.3) is 0 Å². The minimum absolute atomic E-state index is 0.00483. The number of carbonyl (C=O) groups excluding carboxylic acids is 1. The van der Waals surface area contributed by atoms with Crippen LogP contribution >= 0.6 is 0 Å². The van der Waals surface area contributed by atoms with Crippen LogP contribution in [0.3, 0.4) is 0 Å². The first-order chi connectivity index (χ1) is 13.1. The van der Waals surface area contributed by atoms with Gasteiger partial charge in [-0.1, -0.05) is 66.7 Å². The molecule has 0 aromatic heterocycles. The Bertz CT molecular complexity index is 921. The summed E-state index contributed by atoms with van der Waals surface area (Å²) in [7, 11) is 0. The van der Waals surface area contributed by atoms with Gasteiger partial charge in [-0.3, -0.25) is 10.1 Å². The number of ether oxygens (including phenoxy) is 1. The lowest BCUT2D eigenvalue weighted by molar-refractivity contribution is -0.136. The van der Waals surface area contributed by atoms with Crippen molar-refractivity contribution < 1.29 is 19.4 Å². The van der Waals surface area contributed by atoms with E-state index in [0.717, 1.165) is 22.3 Å². The van der Waals surface area contributed by atoms with Gasteiger partial charge in [-0.05, 0) is 34.4 Å². The zero-order valence-corrected chi connectivity index (χ0v) is 14.6. The summed E-state index contributed by atoms with van der Waals surface area (Å²) in [6.07, 6.45) is -0.525. The molecule has 0 unspecified atom stereocenters. The second-order valence-corrected chi connectivity index (χ2v) is 6.03. The average molecular weight is 361 g/mol. The van der Waals surface area contributed by atoms with Gasteiger partial charge in [-0.15, -0.1) is 0 Å². The first-order valence-corrected chi connectivity index (χ1v) is 8.49. The van der Waals surface area contributed by atoms with Crippen LogP contribution in [-0.2, 0) is 22.6 Å². The molecule has 0 fully saturated rings. The van der Waals surface area contributed by atoms with Gasteiger partial charge >= 0.3 is 12.1 Å². The van der Waals surface area contributed by atoms with Gasteiger partial charge in [0.2, 0.25) is 0 Å². The lowest BCUT2D eigenvalue weighted by Gasteiger charge is -2.09. The molecule has 1 amide bonds. The normalized spacial score (nSPS) is 10.2. The number of carboxylic acid groups (broad SMARTS) is 1. The molecule has 0 heterocycles. The number of benzene rings is 3. The standard InChI is InChI=1S/C22H19NO4/c24-21(25)13-16-9-11-18(12-10-16)19-7-4-8-20(14-19)23-22(26)27-15-17-5-2-1-3-6-17/h1-12,14H,13,15H2,(H,23,26)(H,24,25). The number of amides is 1. The smallest absolute Gasteiger partial charge is 0.411 e. The number of hydrogen-bond acceptors (Lipinski definition) is 3. The number of anilines is 1. The summed E-state index contributed by atoms with van der Waals surface area (Å²) in [6.45, 7) is 0.206. The topological polar surface area (TPSA) is 75.6 Å². The van der Waals surface area contributed by atoms with Crippen molar-refractivity contribution in [2.45, 2.75) is 13.0 Å². The fraction of sp³-hybridized carbons (Fsp3) is 0.0909. The zero-order chi connectivity index (χ0) is 19.1. The molecular formula is C22H19NO4. The Morgan fingerprint density at radius 1 is 0.815 bits per heavy atom. The second-order valence-electron chi connectivity index (χ2n) is 6.03. The lowest BCUT2D eigenvalue weighted by Crippen LogP contribution is -2.13. The van der Waals surface area contributed by atoms with E-state index < -0.39 is 12.1 Å². The third-order valence-corrected chi connectivity index (χ3v) is 3.96. The van der Waals surface area contributed by atoms with E-state index in [1.54, 1.807) is 18.2 Å². The van der Waals surface area contributed by atoms with E-state index in [2.05, 4.69) is 5.32 Å². The summed E-state index contributed by atoms with van der Waals surface area (Å²) in [6, 6.07) is 24.2. The van der Waals surface area contributed by atoms with E-state index in [4.69, 9.17) is 9.84 Å². The van der Waals surface area contributed by atoms with E-state index in [1.807, 2.05) is 60.7 Å². The number of carbonyl (C=O) groups is 2. The molecule has 0 aliphatic heterocycles. The Hall–Kier alpha value is -3.60. The molecule has 2 N–H and O–H groups in total. The van der Waals surface area contributed by atoms with Crippen LogP contribution in [0.15, 0.2) is 78.9 Å². The van der Waals surface area contributed by atoms with Crippen molar-refractivity contribution in [3.05, 3.63) is 90.0 Å². The molecule has 0 radical (unpaired) electrons. The summed E-state index contributed by atoms with van der Waals surface area (Å²) >= 11 is 0. The first kappa shape index (κ1) is 18.2. The minimum Gasteiger partial charge on any atom is -0.481 e.